The number of benzene rings is 2. The van der Waals surface area contributed by atoms with Crippen molar-refractivity contribution in [1.82, 2.24) is 0 Å². The Morgan fingerprint density at radius 3 is 2.33 bits per heavy atom. The summed E-state index contributed by atoms with van der Waals surface area (Å²) in [6.07, 6.45) is 0. The molecule has 2 aromatic carbocycles. The summed E-state index contributed by atoms with van der Waals surface area (Å²) in [6, 6.07) is 16.0. The topological polar surface area (TPSA) is 52.0 Å². The molecule has 2 heteroatoms. The summed E-state index contributed by atoms with van der Waals surface area (Å²) in [4.78, 5) is 0. The van der Waals surface area contributed by atoms with E-state index < -0.39 is 0 Å². The highest BCUT2D eigenvalue weighted by atomic mass is 14.6. The number of hydrogen-bond donors (Lipinski definition) is 2. The average molecular weight is 198 g/mol. The van der Waals surface area contributed by atoms with E-state index in [4.69, 9.17) is 11.5 Å². The van der Waals surface area contributed by atoms with Crippen molar-refractivity contribution in [2.24, 2.45) is 5.73 Å². The van der Waals surface area contributed by atoms with Crippen molar-refractivity contribution < 1.29 is 0 Å². The Morgan fingerprint density at radius 1 is 0.933 bits per heavy atom. The molecular formula is C13H14N2. The number of hydrogen-bond acceptors (Lipinski definition) is 2. The van der Waals surface area contributed by atoms with Crippen LogP contribution in [0.4, 0.5) is 5.69 Å². The molecule has 0 heterocycles. The Morgan fingerprint density at radius 2 is 1.67 bits per heavy atom. The molecule has 2 aromatic rings. The van der Waals surface area contributed by atoms with Crippen molar-refractivity contribution in [3.05, 3.63) is 54.1 Å². The molecule has 0 amide bonds. The van der Waals surface area contributed by atoms with Crippen LogP contribution in [-0.2, 0) is 6.54 Å². The predicted molar refractivity (Wildman–Crippen MR) is 64.2 cm³/mol. The van der Waals surface area contributed by atoms with Gasteiger partial charge in [-0.3, -0.25) is 0 Å². The van der Waals surface area contributed by atoms with Crippen molar-refractivity contribution in [2.45, 2.75) is 6.54 Å². The lowest BCUT2D eigenvalue weighted by Crippen LogP contribution is -2.00. The largest absolute Gasteiger partial charge is 0.399 e. The van der Waals surface area contributed by atoms with Gasteiger partial charge in [-0.15, -0.1) is 0 Å². The molecule has 0 aliphatic heterocycles. The number of rotatable bonds is 2. The third-order valence-corrected chi connectivity index (χ3v) is 2.43. The van der Waals surface area contributed by atoms with Gasteiger partial charge in [0, 0.05) is 12.2 Å². The average Bonchev–Trinajstić information content (AvgIpc) is 2.30. The van der Waals surface area contributed by atoms with E-state index in [1.165, 1.54) is 5.56 Å². The zero-order valence-electron chi connectivity index (χ0n) is 8.48. The standard InChI is InChI=1S/C13H14N2/c14-9-11-8-12(15)6-7-13(11)10-4-2-1-3-5-10/h1-8H,9,14-15H2. The van der Waals surface area contributed by atoms with Crippen LogP contribution in [0.1, 0.15) is 5.56 Å². The quantitative estimate of drug-likeness (QED) is 0.728. The van der Waals surface area contributed by atoms with Gasteiger partial charge in [0.25, 0.3) is 0 Å². The van der Waals surface area contributed by atoms with Gasteiger partial charge in [-0.25, -0.2) is 0 Å². The highest BCUT2D eigenvalue weighted by Gasteiger charge is 2.03. The first kappa shape index (κ1) is 9.74. The van der Waals surface area contributed by atoms with Gasteiger partial charge in [0.15, 0.2) is 0 Å². The number of anilines is 1. The van der Waals surface area contributed by atoms with Crippen molar-refractivity contribution in [1.29, 1.82) is 0 Å². The Balaban J connectivity index is 2.53. The van der Waals surface area contributed by atoms with Crippen LogP contribution in [0.2, 0.25) is 0 Å². The van der Waals surface area contributed by atoms with E-state index in [2.05, 4.69) is 12.1 Å². The molecule has 0 aliphatic carbocycles. The minimum atomic E-state index is 0.509. The summed E-state index contributed by atoms with van der Waals surface area (Å²) in [5.74, 6) is 0. The Hall–Kier alpha value is -1.80. The Bertz CT molecular complexity index is 449. The molecule has 76 valence electrons. The van der Waals surface area contributed by atoms with Crippen LogP contribution in [0.15, 0.2) is 48.5 Å². The lowest BCUT2D eigenvalue weighted by atomic mass is 9.99. The molecule has 0 aromatic heterocycles. The van der Waals surface area contributed by atoms with Gasteiger partial charge in [0.2, 0.25) is 0 Å². The fraction of sp³-hybridized carbons (Fsp3) is 0.0769. The Labute approximate surface area is 89.5 Å². The molecular weight excluding hydrogens is 184 g/mol. The second kappa shape index (κ2) is 4.15. The summed E-state index contributed by atoms with van der Waals surface area (Å²) >= 11 is 0. The van der Waals surface area contributed by atoms with Gasteiger partial charge >= 0.3 is 0 Å². The normalized spacial score (nSPS) is 10.2. The number of nitrogens with two attached hydrogens (primary N) is 2. The van der Waals surface area contributed by atoms with Gasteiger partial charge in [0.05, 0.1) is 0 Å². The fourth-order valence-electron chi connectivity index (χ4n) is 1.68. The molecule has 0 atom stereocenters. The molecule has 0 bridgehead atoms. The van der Waals surface area contributed by atoms with E-state index in [9.17, 15) is 0 Å². The lowest BCUT2D eigenvalue weighted by Gasteiger charge is -2.08. The first-order valence-corrected chi connectivity index (χ1v) is 4.95. The SMILES string of the molecule is NCc1cc(N)ccc1-c1ccccc1. The minimum Gasteiger partial charge on any atom is -0.399 e. The zero-order valence-corrected chi connectivity index (χ0v) is 8.48. The van der Waals surface area contributed by atoms with Crippen LogP contribution >= 0.6 is 0 Å². The highest BCUT2D eigenvalue weighted by molar-refractivity contribution is 5.69. The summed E-state index contributed by atoms with van der Waals surface area (Å²) in [5, 5.41) is 0. The molecule has 0 spiro atoms. The molecule has 0 aliphatic rings. The number of nitrogen functional groups attached to an aromatic ring is 1. The van der Waals surface area contributed by atoms with E-state index in [-0.39, 0.29) is 0 Å². The van der Waals surface area contributed by atoms with E-state index in [0.29, 0.717) is 6.54 Å². The molecule has 0 fully saturated rings. The van der Waals surface area contributed by atoms with Gasteiger partial charge in [0.1, 0.15) is 0 Å². The summed E-state index contributed by atoms with van der Waals surface area (Å²) in [5.41, 5.74) is 15.6. The molecule has 2 rings (SSSR count). The van der Waals surface area contributed by atoms with E-state index in [1.807, 2.05) is 36.4 Å². The predicted octanol–water partition coefficient (Wildman–Crippen LogP) is 2.39. The van der Waals surface area contributed by atoms with Crippen LogP contribution in [0.25, 0.3) is 11.1 Å². The molecule has 0 unspecified atom stereocenters. The Kier molecular flexibility index (Phi) is 2.70. The van der Waals surface area contributed by atoms with Crippen molar-refractivity contribution in [2.75, 3.05) is 5.73 Å². The zero-order chi connectivity index (χ0) is 10.7. The molecule has 0 saturated carbocycles. The van der Waals surface area contributed by atoms with Crippen molar-refractivity contribution in [3.63, 3.8) is 0 Å². The van der Waals surface area contributed by atoms with Crippen molar-refractivity contribution in [3.8, 4) is 11.1 Å². The third kappa shape index (κ3) is 2.00. The fourth-order valence-corrected chi connectivity index (χ4v) is 1.68. The van der Waals surface area contributed by atoms with Crippen LogP contribution in [0, 0.1) is 0 Å². The van der Waals surface area contributed by atoms with Crippen LogP contribution in [0.3, 0.4) is 0 Å². The maximum atomic E-state index is 5.73. The van der Waals surface area contributed by atoms with Gasteiger partial charge in [-0.2, -0.15) is 0 Å². The molecule has 0 radical (unpaired) electrons. The van der Waals surface area contributed by atoms with Gasteiger partial charge in [-0.05, 0) is 28.8 Å². The highest BCUT2D eigenvalue weighted by Crippen LogP contribution is 2.24. The van der Waals surface area contributed by atoms with Gasteiger partial charge < -0.3 is 11.5 Å². The second-order valence-electron chi connectivity index (χ2n) is 3.49. The van der Waals surface area contributed by atoms with Crippen molar-refractivity contribution >= 4 is 5.69 Å². The maximum Gasteiger partial charge on any atom is 0.0317 e. The minimum absolute atomic E-state index is 0.509. The molecule has 0 saturated heterocycles. The van der Waals surface area contributed by atoms with Gasteiger partial charge in [-0.1, -0.05) is 36.4 Å². The maximum absolute atomic E-state index is 5.73. The van der Waals surface area contributed by atoms with Crippen LogP contribution in [0.5, 0.6) is 0 Å². The molecule has 15 heavy (non-hydrogen) atoms. The summed E-state index contributed by atoms with van der Waals surface area (Å²) < 4.78 is 0. The molecule has 2 nitrogen and oxygen atoms in total. The van der Waals surface area contributed by atoms with E-state index >= 15 is 0 Å². The first-order chi connectivity index (χ1) is 7.31. The van der Waals surface area contributed by atoms with Crippen LogP contribution < -0.4 is 11.5 Å². The monoisotopic (exact) mass is 198 g/mol. The van der Waals surface area contributed by atoms with E-state index in [0.717, 1.165) is 16.8 Å². The molecule has 4 N–H and O–H groups in total. The second-order valence-corrected chi connectivity index (χ2v) is 3.49. The summed E-state index contributed by atoms with van der Waals surface area (Å²) in [6.45, 7) is 0.509. The first-order valence-electron chi connectivity index (χ1n) is 4.95. The van der Waals surface area contributed by atoms with E-state index in [1.54, 1.807) is 0 Å². The lowest BCUT2D eigenvalue weighted by molar-refractivity contribution is 1.07. The van der Waals surface area contributed by atoms with Crippen LogP contribution in [-0.4, -0.2) is 0 Å². The summed E-state index contributed by atoms with van der Waals surface area (Å²) in [7, 11) is 0. The smallest absolute Gasteiger partial charge is 0.0317 e. The third-order valence-electron chi connectivity index (χ3n) is 2.43.